The molecule has 1 saturated heterocycles. The van der Waals surface area contributed by atoms with Crippen LogP contribution in [-0.4, -0.2) is 40.9 Å². The Balaban J connectivity index is 1.93. The van der Waals surface area contributed by atoms with E-state index in [4.69, 9.17) is 10.2 Å². The SMILES string of the molecule is O=C(O)N1CC2CC(CO)C[C@@H]2C1. The lowest BCUT2D eigenvalue weighted by molar-refractivity contribution is 0.149. The molecule has 1 saturated carbocycles. The van der Waals surface area contributed by atoms with Crippen LogP contribution in [-0.2, 0) is 0 Å². The Morgan fingerprint density at radius 3 is 2.23 bits per heavy atom. The second-order valence-electron chi connectivity index (χ2n) is 4.23. The number of amides is 1. The summed E-state index contributed by atoms with van der Waals surface area (Å²) in [5, 5.41) is 17.7. The van der Waals surface area contributed by atoms with E-state index >= 15 is 0 Å². The van der Waals surface area contributed by atoms with E-state index in [2.05, 4.69) is 0 Å². The smallest absolute Gasteiger partial charge is 0.407 e. The fourth-order valence-electron chi connectivity index (χ4n) is 2.73. The number of aliphatic hydroxyl groups excluding tert-OH is 1. The Kier molecular flexibility index (Phi) is 2.15. The Hall–Kier alpha value is -0.770. The Morgan fingerprint density at radius 1 is 1.31 bits per heavy atom. The number of carbonyl (C=O) groups is 1. The highest BCUT2D eigenvalue weighted by atomic mass is 16.4. The van der Waals surface area contributed by atoms with Crippen molar-refractivity contribution >= 4 is 6.09 Å². The predicted molar refractivity (Wildman–Crippen MR) is 46.4 cm³/mol. The van der Waals surface area contributed by atoms with E-state index < -0.39 is 6.09 Å². The lowest BCUT2D eigenvalue weighted by atomic mass is 10.0. The van der Waals surface area contributed by atoms with Gasteiger partial charge in [0.15, 0.2) is 0 Å². The molecule has 4 nitrogen and oxygen atoms in total. The first kappa shape index (κ1) is 8.81. The van der Waals surface area contributed by atoms with Crippen molar-refractivity contribution in [3.05, 3.63) is 0 Å². The molecule has 2 rings (SSSR count). The highest BCUT2D eigenvalue weighted by Gasteiger charge is 2.41. The van der Waals surface area contributed by atoms with Gasteiger partial charge in [-0.3, -0.25) is 0 Å². The standard InChI is InChI=1S/C9H15NO3/c11-5-6-1-7-3-10(9(12)13)4-8(7)2-6/h6-8,11H,1-5H2,(H,12,13)/t6?,7-,8?/m1/s1. The van der Waals surface area contributed by atoms with Gasteiger partial charge < -0.3 is 15.1 Å². The summed E-state index contributed by atoms with van der Waals surface area (Å²) in [7, 11) is 0. The lowest BCUT2D eigenvalue weighted by Gasteiger charge is -2.14. The summed E-state index contributed by atoms with van der Waals surface area (Å²) in [6.07, 6.45) is 1.21. The van der Waals surface area contributed by atoms with E-state index in [1.807, 2.05) is 0 Å². The highest BCUT2D eigenvalue weighted by molar-refractivity contribution is 5.65. The van der Waals surface area contributed by atoms with Gasteiger partial charge in [-0.15, -0.1) is 0 Å². The van der Waals surface area contributed by atoms with Gasteiger partial charge in [-0.1, -0.05) is 0 Å². The lowest BCUT2D eigenvalue weighted by Crippen LogP contribution is -2.28. The van der Waals surface area contributed by atoms with Gasteiger partial charge in [0.25, 0.3) is 0 Å². The van der Waals surface area contributed by atoms with Crippen molar-refractivity contribution in [1.29, 1.82) is 0 Å². The van der Waals surface area contributed by atoms with E-state index in [1.54, 1.807) is 0 Å². The molecule has 1 aliphatic heterocycles. The van der Waals surface area contributed by atoms with Gasteiger partial charge in [0.05, 0.1) is 0 Å². The average molecular weight is 185 g/mol. The van der Waals surface area contributed by atoms with Crippen molar-refractivity contribution in [2.24, 2.45) is 17.8 Å². The van der Waals surface area contributed by atoms with E-state index in [0.29, 0.717) is 30.8 Å². The van der Waals surface area contributed by atoms with Crippen LogP contribution in [0.5, 0.6) is 0 Å². The minimum atomic E-state index is -0.796. The molecule has 13 heavy (non-hydrogen) atoms. The molecule has 2 aliphatic rings. The summed E-state index contributed by atoms with van der Waals surface area (Å²) in [6, 6.07) is 0. The molecule has 2 fully saturated rings. The Labute approximate surface area is 77.2 Å². The molecule has 0 radical (unpaired) electrons. The van der Waals surface area contributed by atoms with Crippen LogP contribution in [0.3, 0.4) is 0 Å². The van der Waals surface area contributed by atoms with Crippen molar-refractivity contribution in [2.75, 3.05) is 19.7 Å². The van der Waals surface area contributed by atoms with Crippen LogP contribution in [0.4, 0.5) is 4.79 Å². The maximum absolute atomic E-state index is 10.7. The van der Waals surface area contributed by atoms with Gasteiger partial charge >= 0.3 is 6.09 Å². The zero-order chi connectivity index (χ0) is 9.42. The quantitative estimate of drug-likeness (QED) is 0.629. The minimum absolute atomic E-state index is 0.264. The number of hydrogen-bond donors (Lipinski definition) is 2. The summed E-state index contributed by atoms with van der Waals surface area (Å²) in [4.78, 5) is 12.2. The molecular weight excluding hydrogens is 170 g/mol. The second kappa shape index (κ2) is 3.18. The number of carboxylic acid groups (broad SMARTS) is 1. The molecule has 1 heterocycles. The van der Waals surface area contributed by atoms with Gasteiger partial charge in [0, 0.05) is 19.7 Å². The fourth-order valence-corrected chi connectivity index (χ4v) is 2.73. The average Bonchev–Trinajstić information content (AvgIpc) is 2.58. The molecule has 74 valence electrons. The van der Waals surface area contributed by atoms with Crippen molar-refractivity contribution in [1.82, 2.24) is 4.90 Å². The monoisotopic (exact) mass is 185 g/mol. The minimum Gasteiger partial charge on any atom is -0.465 e. The molecule has 0 spiro atoms. The van der Waals surface area contributed by atoms with Crippen LogP contribution in [0.25, 0.3) is 0 Å². The third-order valence-corrected chi connectivity index (χ3v) is 3.38. The molecule has 2 N–H and O–H groups in total. The number of aliphatic hydroxyl groups is 1. The second-order valence-corrected chi connectivity index (χ2v) is 4.23. The predicted octanol–water partition coefficient (Wildman–Crippen LogP) is 0.615. The van der Waals surface area contributed by atoms with Gasteiger partial charge in [0.2, 0.25) is 0 Å². The summed E-state index contributed by atoms with van der Waals surface area (Å²) in [5.41, 5.74) is 0. The number of fused-ring (bicyclic) bond motifs is 1. The van der Waals surface area contributed by atoms with Crippen LogP contribution in [0.2, 0.25) is 0 Å². The normalized spacial score (nSPS) is 37.9. The maximum atomic E-state index is 10.7. The first-order chi connectivity index (χ1) is 6.20. The highest BCUT2D eigenvalue weighted by Crippen LogP contribution is 2.41. The van der Waals surface area contributed by atoms with Gasteiger partial charge in [-0.05, 0) is 30.6 Å². The molecule has 3 atom stereocenters. The van der Waals surface area contributed by atoms with Crippen LogP contribution < -0.4 is 0 Å². The molecule has 4 heteroatoms. The maximum Gasteiger partial charge on any atom is 0.407 e. The fraction of sp³-hybridized carbons (Fsp3) is 0.889. The van der Waals surface area contributed by atoms with Crippen LogP contribution in [0, 0.1) is 17.8 Å². The third-order valence-electron chi connectivity index (χ3n) is 3.38. The molecule has 0 aromatic carbocycles. The summed E-state index contributed by atoms with van der Waals surface area (Å²) >= 11 is 0. The molecular formula is C9H15NO3. The van der Waals surface area contributed by atoms with E-state index in [0.717, 1.165) is 12.8 Å². The summed E-state index contributed by atoms with van der Waals surface area (Å²) in [5.74, 6) is 1.44. The van der Waals surface area contributed by atoms with Crippen molar-refractivity contribution in [2.45, 2.75) is 12.8 Å². The van der Waals surface area contributed by atoms with Gasteiger partial charge in [-0.25, -0.2) is 4.79 Å². The summed E-state index contributed by atoms with van der Waals surface area (Å²) in [6.45, 7) is 1.62. The molecule has 0 aromatic heterocycles. The first-order valence-electron chi connectivity index (χ1n) is 4.79. The molecule has 1 aliphatic carbocycles. The van der Waals surface area contributed by atoms with Crippen LogP contribution in [0.15, 0.2) is 0 Å². The van der Waals surface area contributed by atoms with E-state index in [1.165, 1.54) is 4.90 Å². The van der Waals surface area contributed by atoms with Crippen LogP contribution in [0.1, 0.15) is 12.8 Å². The number of nitrogens with zero attached hydrogens (tertiary/aromatic N) is 1. The first-order valence-corrected chi connectivity index (χ1v) is 4.79. The van der Waals surface area contributed by atoms with E-state index in [-0.39, 0.29) is 6.61 Å². The van der Waals surface area contributed by atoms with E-state index in [9.17, 15) is 4.79 Å². The topological polar surface area (TPSA) is 60.8 Å². The third kappa shape index (κ3) is 1.50. The molecule has 0 aromatic rings. The number of rotatable bonds is 1. The number of hydrogen-bond acceptors (Lipinski definition) is 2. The zero-order valence-corrected chi connectivity index (χ0v) is 7.52. The Bertz CT molecular complexity index is 205. The largest absolute Gasteiger partial charge is 0.465 e. The van der Waals surface area contributed by atoms with Crippen molar-refractivity contribution in [3.8, 4) is 0 Å². The van der Waals surface area contributed by atoms with Crippen molar-refractivity contribution < 1.29 is 15.0 Å². The molecule has 1 amide bonds. The Morgan fingerprint density at radius 2 is 1.85 bits per heavy atom. The van der Waals surface area contributed by atoms with Crippen molar-refractivity contribution in [3.63, 3.8) is 0 Å². The molecule has 0 bridgehead atoms. The van der Waals surface area contributed by atoms with Gasteiger partial charge in [0.1, 0.15) is 0 Å². The van der Waals surface area contributed by atoms with Crippen LogP contribution >= 0.6 is 0 Å². The number of likely N-dealkylation sites (tertiary alicyclic amines) is 1. The molecule has 2 unspecified atom stereocenters. The zero-order valence-electron chi connectivity index (χ0n) is 7.52. The van der Waals surface area contributed by atoms with Gasteiger partial charge in [-0.2, -0.15) is 0 Å². The summed E-state index contributed by atoms with van der Waals surface area (Å²) < 4.78 is 0.